The van der Waals surface area contributed by atoms with Gasteiger partial charge in [0, 0.05) is 45.0 Å². The third-order valence-corrected chi connectivity index (χ3v) is 6.48. The van der Waals surface area contributed by atoms with Gasteiger partial charge in [-0.2, -0.15) is 5.10 Å². The maximum atomic E-state index is 12.3. The van der Waals surface area contributed by atoms with Crippen molar-refractivity contribution in [3.8, 4) is 5.69 Å². The minimum atomic E-state index is -3.28. The summed E-state index contributed by atoms with van der Waals surface area (Å²) in [6.07, 6.45) is 3.82. The lowest BCUT2D eigenvalue weighted by Gasteiger charge is -2.22. The predicted molar refractivity (Wildman–Crippen MR) is 118 cm³/mol. The van der Waals surface area contributed by atoms with Crippen molar-refractivity contribution in [1.82, 2.24) is 24.3 Å². The summed E-state index contributed by atoms with van der Waals surface area (Å²) in [5.41, 5.74) is 2.04. The van der Waals surface area contributed by atoms with E-state index >= 15 is 0 Å². The van der Waals surface area contributed by atoms with Crippen molar-refractivity contribution in [2.24, 2.45) is 4.99 Å². The zero-order chi connectivity index (χ0) is 21.3. The van der Waals surface area contributed by atoms with Gasteiger partial charge in [0.05, 0.1) is 24.2 Å². The molecule has 1 N–H and O–H groups in total. The molecule has 0 aliphatic carbocycles. The van der Waals surface area contributed by atoms with Crippen molar-refractivity contribution < 1.29 is 8.42 Å². The minimum Gasteiger partial charge on any atom is -0.357 e. The van der Waals surface area contributed by atoms with Crippen molar-refractivity contribution in [2.45, 2.75) is 27.3 Å². The van der Waals surface area contributed by atoms with E-state index < -0.39 is 10.0 Å². The first-order valence-corrected chi connectivity index (χ1v) is 11.6. The first-order chi connectivity index (χ1) is 13.9. The number of nitrogens with one attached hydrogen (secondary N) is 1. The fourth-order valence-electron chi connectivity index (χ4n) is 3.00. The van der Waals surface area contributed by atoms with Gasteiger partial charge in [-0.1, -0.05) is 32.0 Å². The first-order valence-electron chi connectivity index (χ1n) is 9.97. The van der Waals surface area contributed by atoms with E-state index in [0.29, 0.717) is 32.1 Å². The van der Waals surface area contributed by atoms with Gasteiger partial charge >= 0.3 is 0 Å². The number of aliphatic imine (C=N–C) groups is 1. The molecule has 160 valence electrons. The van der Waals surface area contributed by atoms with Crippen LogP contribution in [0.1, 0.15) is 26.3 Å². The summed E-state index contributed by atoms with van der Waals surface area (Å²) in [4.78, 5) is 6.48. The topological polar surface area (TPSA) is 82.8 Å². The molecule has 0 saturated heterocycles. The number of hydrogen-bond acceptors (Lipinski definition) is 4. The van der Waals surface area contributed by atoms with E-state index in [0.717, 1.165) is 11.3 Å². The Labute approximate surface area is 174 Å². The van der Waals surface area contributed by atoms with E-state index in [2.05, 4.69) is 15.4 Å². The highest BCUT2D eigenvalue weighted by molar-refractivity contribution is 7.89. The Morgan fingerprint density at radius 1 is 1.17 bits per heavy atom. The van der Waals surface area contributed by atoms with E-state index in [9.17, 15) is 8.42 Å². The van der Waals surface area contributed by atoms with Gasteiger partial charge in [0.25, 0.3) is 0 Å². The zero-order valence-corrected chi connectivity index (χ0v) is 18.6. The number of rotatable bonds is 10. The lowest BCUT2D eigenvalue weighted by molar-refractivity contribution is 0.445. The van der Waals surface area contributed by atoms with Gasteiger partial charge in [-0.15, -0.1) is 0 Å². The number of aromatic nitrogens is 2. The van der Waals surface area contributed by atoms with Crippen LogP contribution in [0.4, 0.5) is 0 Å². The second kappa shape index (κ2) is 11.0. The highest BCUT2D eigenvalue weighted by Crippen LogP contribution is 2.09. The lowest BCUT2D eigenvalue weighted by atomic mass is 10.3. The molecule has 0 aliphatic heterocycles. The highest BCUT2D eigenvalue weighted by atomic mass is 32.2. The smallest absolute Gasteiger partial charge is 0.215 e. The van der Waals surface area contributed by atoms with Crippen molar-refractivity contribution in [3.63, 3.8) is 0 Å². The fraction of sp³-hybridized carbons (Fsp3) is 0.500. The number of sulfonamides is 1. The molecule has 9 heteroatoms. The molecular formula is C20H32N6O2S. The normalized spacial score (nSPS) is 12.4. The quantitative estimate of drug-likeness (QED) is 0.469. The Morgan fingerprint density at radius 2 is 1.86 bits per heavy atom. The third-order valence-electron chi connectivity index (χ3n) is 4.48. The van der Waals surface area contributed by atoms with Crippen LogP contribution in [-0.2, 0) is 16.6 Å². The van der Waals surface area contributed by atoms with E-state index in [1.54, 1.807) is 0 Å². The van der Waals surface area contributed by atoms with E-state index in [1.807, 2.05) is 80.1 Å². The molecule has 0 atom stereocenters. The molecule has 0 bridgehead atoms. The minimum absolute atomic E-state index is 0.00333. The SMILES string of the molecule is CCNC(=NCCS(=O)(=O)N(CC)CC)N(C)Cc1cnn(-c2ccccc2)c1. The Bertz CT molecular complexity index is 875. The summed E-state index contributed by atoms with van der Waals surface area (Å²) >= 11 is 0. The Kier molecular flexibility index (Phi) is 8.66. The standard InChI is InChI=1S/C20H32N6O2S/c1-5-21-20(22-13-14-29(27,28)25(6-2)7-3)24(4)16-18-15-23-26(17-18)19-11-9-8-10-12-19/h8-12,15,17H,5-7,13-14,16H2,1-4H3,(H,21,22). The molecule has 2 aromatic rings. The Balaban J connectivity index is 2.03. The second-order valence-electron chi connectivity index (χ2n) is 6.62. The summed E-state index contributed by atoms with van der Waals surface area (Å²) in [6.45, 7) is 8.17. The molecule has 0 radical (unpaired) electrons. The van der Waals surface area contributed by atoms with E-state index in [4.69, 9.17) is 0 Å². The van der Waals surface area contributed by atoms with Crippen LogP contribution in [0.5, 0.6) is 0 Å². The summed E-state index contributed by atoms with van der Waals surface area (Å²) in [5.74, 6) is 0.679. The van der Waals surface area contributed by atoms with Gasteiger partial charge in [-0.05, 0) is 19.1 Å². The van der Waals surface area contributed by atoms with Crippen molar-refractivity contribution >= 4 is 16.0 Å². The van der Waals surface area contributed by atoms with Crippen LogP contribution in [0.25, 0.3) is 5.69 Å². The molecule has 1 aromatic carbocycles. The highest BCUT2D eigenvalue weighted by Gasteiger charge is 2.18. The van der Waals surface area contributed by atoms with Crippen LogP contribution in [0.3, 0.4) is 0 Å². The average Bonchev–Trinajstić information content (AvgIpc) is 3.17. The summed E-state index contributed by atoms with van der Waals surface area (Å²) < 4.78 is 28.0. The predicted octanol–water partition coefficient (Wildman–Crippen LogP) is 1.94. The molecule has 0 unspecified atom stereocenters. The van der Waals surface area contributed by atoms with Crippen molar-refractivity contribution in [3.05, 3.63) is 48.3 Å². The number of nitrogens with zero attached hydrogens (tertiary/aromatic N) is 5. The number of hydrogen-bond donors (Lipinski definition) is 1. The molecular weight excluding hydrogens is 388 g/mol. The first kappa shape index (κ1) is 22.9. The van der Waals surface area contributed by atoms with Gasteiger partial charge < -0.3 is 10.2 Å². The fourth-order valence-corrected chi connectivity index (χ4v) is 4.36. The largest absolute Gasteiger partial charge is 0.357 e. The van der Waals surface area contributed by atoms with Gasteiger partial charge in [-0.3, -0.25) is 4.99 Å². The maximum Gasteiger partial charge on any atom is 0.215 e. The van der Waals surface area contributed by atoms with Crippen LogP contribution < -0.4 is 5.32 Å². The summed E-state index contributed by atoms with van der Waals surface area (Å²) in [5, 5.41) is 7.65. The Morgan fingerprint density at radius 3 is 2.48 bits per heavy atom. The van der Waals surface area contributed by atoms with Crippen molar-refractivity contribution in [1.29, 1.82) is 0 Å². The summed E-state index contributed by atoms with van der Waals surface area (Å²) in [7, 11) is -1.35. The maximum absolute atomic E-state index is 12.3. The second-order valence-corrected chi connectivity index (χ2v) is 8.71. The van der Waals surface area contributed by atoms with Crippen LogP contribution >= 0.6 is 0 Å². The van der Waals surface area contributed by atoms with Crippen LogP contribution in [0.2, 0.25) is 0 Å². The molecule has 0 fully saturated rings. The molecule has 8 nitrogen and oxygen atoms in total. The molecule has 1 aromatic heterocycles. The molecule has 0 aliphatic rings. The lowest BCUT2D eigenvalue weighted by Crippen LogP contribution is -2.39. The molecule has 29 heavy (non-hydrogen) atoms. The average molecular weight is 421 g/mol. The van der Waals surface area contributed by atoms with E-state index in [1.165, 1.54) is 4.31 Å². The monoisotopic (exact) mass is 420 g/mol. The van der Waals surface area contributed by atoms with Crippen LogP contribution in [-0.4, -0.2) is 72.3 Å². The summed E-state index contributed by atoms with van der Waals surface area (Å²) in [6, 6.07) is 9.93. The van der Waals surface area contributed by atoms with Gasteiger partial charge in [0.1, 0.15) is 0 Å². The molecule has 1 heterocycles. The van der Waals surface area contributed by atoms with Crippen LogP contribution in [0.15, 0.2) is 47.7 Å². The number of guanidine groups is 1. The molecule has 0 saturated carbocycles. The van der Waals surface area contributed by atoms with Crippen molar-refractivity contribution in [2.75, 3.05) is 39.0 Å². The molecule has 0 spiro atoms. The van der Waals surface area contributed by atoms with Gasteiger partial charge in [0.2, 0.25) is 10.0 Å². The zero-order valence-electron chi connectivity index (χ0n) is 17.7. The van der Waals surface area contributed by atoms with Gasteiger partial charge in [0.15, 0.2) is 5.96 Å². The molecule has 2 rings (SSSR count). The van der Waals surface area contributed by atoms with Crippen LogP contribution in [0, 0.1) is 0 Å². The Hall–Kier alpha value is -2.39. The van der Waals surface area contributed by atoms with E-state index in [-0.39, 0.29) is 12.3 Å². The third kappa shape index (κ3) is 6.57. The molecule has 0 amide bonds. The number of benzene rings is 1. The van der Waals surface area contributed by atoms with Gasteiger partial charge in [-0.25, -0.2) is 17.4 Å². The number of para-hydroxylation sites is 1.